The quantitative estimate of drug-likeness (QED) is 0.948. The molecule has 22 heavy (non-hydrogen) atoms. The van der Waals surface area contributed by atoms with E-state index < -0.39 is 0 Å². The average Bonchev–Trinajstić information content (AvgIpc) is 3.03. The number of anilines is 1. The van der Waals surface area contributed by atoms with Gasteiger partial charge in [0.2, 0.25) is 0 Å². The first-order valence-electron chi connectivity index (χ1n) is 7.27. The maximum Gasteiger partial charge on any atom is 0.321 e. The minimum atomic E-state index is -0.315. The zero-order chi connectivity index (χ0) is 15.4. The van der Waals surface area contributed by atoms with E-state index in [4.69, 9.17) is 4.42 Å². The first-order chi connectivity index (χ1) is 10.7. The van der Waals surface area contributed by atoms with Crippen LogP contribution in [0.1, 0.15) is 5.76 Å². The first kappa shape index (κ1) is 14.6. The van der Waals surface area contributed by atoms with Gasteiger partial charge >= 0.3 is 6.03 Å². The molecule has 3 rings (SSSR count). The van der Waals surface area contributed by atoms with Crippen molar-refractivity contribution >= 4 is 11.7 Å². The summed E-state index contributed by atoms with van der Waals surface area (Å²) in [7, 11) is 0. The molecule has 2 heterocycles. The number of furan rings is 1. The molecule has 1 fully saturated rings. The van der Waals surface area contributed by atoms with Gasteiger partial charge in [0.05, 0.1) is 12.8 Å². The van der Waals surface area contributed by atoms with E-state index in [9.17, 15) is 9.18 Å². The molecule has 1 aliphatic rings. The number of amides is 2. The van der Waals surface area contributed by atoms with Crippen molar-refractivity contribution in [3.05, 3.63) is 54.2 Å². The fourth-order valence-corrected chi connectivity index (χ4v) is 2.47. The molecule has 0 saturated carbocycles. The van der Waals surface area contributed by atoms with Gasteiger partial charge in [-0.1, -0.05) is 0 Å². The third-order valence-electron chi connectivity index (χ3n) is 3.71. The average molecular weight is 303 g/mol. The van der Waals surface area contributed by atoms with Gasteiger partial charge < -0.3 is 14.6 Å². The van der Waals surface area contributed by atoms with Crippen LogP contribution in [0.5, 0.6) is 0 Å². The van der Waals surface area contributed by atoms with Gasteiger partial charge in [0, 0.05) is 31.9 Å². The van der Waals surface area contributed by atoms with Crippen molar-refractivity contribution < 1.29 is 13.6 Å². The van der Waals surface area contributed by atoms with Crippen molar-refractivity contribution in [1.82, 2.24) is 9.80 Å². The van der Waals surface area contributed by atoms with Gasteiger partial charge in [-0.05, 0) is 36.4 Å². The van der Waals surface area contributed by atoms with Crippen molar-refractivity contribution in [3.8, 4) is 0 Å². The Balaban J connectivity index is 1.48. The van der Waals surface area contributed by atoms with Crippen LogP contribution in [0.2, 0.25) is 0 Å². The van der Waals surface area contributed by atoms with Crippen LogP contribution in [0.3, 0.4) is 0 Å². The van der Waals surface area contributed by atoms with Crippen molar-refractivity contribution in [3.63, 3.8) is 0 Å². The number of hydrogen-bond acceptors (Lipinski definition) is 3. The molecular formula is C16H18FN3O2. The molecule has 6 heteroatoms. The topological polar surface area (TPSA) is 48.7 Å². The van der Waals surface area contributed by atoms with E-state index in [0.717, 1.165) is 25.4 Å². The molecule has 1 aromatic heterocycles. The number of hydrogen-bond donors (Lipinski definition) is 1. The third-order valence-corrected chi connectivity index (χ3v) is 3.71. The maximum absolute atomic E-state index is 12.8. The minimum Gasteiger partial charge on any atom is -0.468 e. The summed E-state index contributed by atoms with van der Waals surface area (Å²) < 4.78 is 18.2. The highest BCUT2D eigenvalue weighted by Gasteiger charge is 2.21. The zero-order valence-corrected chi connectivity index (χ0v) is 12.2. The number of carbonyl (C=O) groups is 1. The molecule has 0 atom stereocenters. The lowest BCUT2D eigenvalue weighted by molar-refractivity contribution is 0.137. The van der Waals surface area contributed by atoms with Crippen LogP contribution in [0.15, 0.2) is 47.1 Å². The molecule has 0 bridgehead atoms. The number of halogens is 1. The number of piperazine rings is 1. The number of carbonyl (C=O) groups excluding carboxylic acids is 1. The molecule has 1 N–H and O–H groups in total. The molecule has 0 spiro atoms. The van der Waals surface area contributed by atoms with Gasteiger partial charge in [-0.2, -0.15) is 0 Å². The summed E-state index contributed by atoms with van der Waals surface area (Å²) in [5.41, 5.74) is 0.601. The van der Waals surface area contributed by atoms with Crippen LogP contribution >= 0.6 is 0 Å². The van der Waals surface area contributed by atoms with Crippen LogP contribution < -0.4 is 5.32 Å². The Morgan fingerprint density at radius 1 is 1.14 bits per heavy atom. The Morgan fingerprint density at radius 3 is 2.50 bits per heavy atom. The van der Waals surface area contributed by atoms with Crippen molar-refractivity contribution in [1.29, 1.82) is 0 Å². The van der Waals surface area contributed by atoms with Gasteiger partial charge in [-0.25, -0.2) is 9.18 Å². The number of rotatable bonds is 3. The molecule has 1 aromatic carbocycles. The second-order valence-corrected chi connectivity index (χ2v) is 5.28. The lowest BCUT2D eigenvalue weighted by atomic mass is 10.3. The summed E-state index contributed by atoms with van der Waals surface area (Å²) >= 11 is 0. The van der Waals surface area contributed by atoms with Gasteiger partial charge in [-0.15, -0.1) is 0 Å². The smallest absolute Gasteiger partial charge is 0.321 e. The second-order valence-electron chi connectivity index (χ2n) is 5.28. The minimum absolute atomic E-state index is 0.149. The Labute approximate surface area is 128 Å². The highest BCUT2D eigenvalue weighted by Crippen LogP contribution is 2.12. The highest BCUT2D eigenvalue weighted by atomic mass is 19.1. The number of urea groups is 1. The summed E-state index contributed by atoms with van der Waals surface area (Å²) in [5.74, 6) is 0.619. The third kappa shape index (κ3) is 3.65. The number of nitrogens with one attached hydrogen (secondary N) is 1. The van der Waals surface area contributed by atoms with Gasteiger partial charge in [0.1, 0.15) is 11.6 Å². The molecular weight excluding hydrogens is 285 g/mol. The van der Waals surface area contributed by atoms with Crippen molar-refractivity contribution in [2.45, 2.75) is 6.54 Å². The predicted molar refractivity (Wildman–Crippen MR) is 81.0 cm³/mol. The van der Waals surface area contributed by atoms with E-state index in [2.05, 4.69) is 10.2 Å². The standard InChI is InChI=1S/C16H18FN3O2/c17-13-3-5-14(6-4-13)18-16(21)20-9-7-19(8-10-20)12-15-2-1-11-22-15/h1-6,11H,7-10,12H2,(H,18,21). The fraction of sp³-hybridized carbons (Fsp3) is 0.312. The SMILES string of the molecule is O=C(Nc1ccc(F)cc1)N1CCN(Cc2ccco2)CC1. The highest BCUT2D eigenvalue weighted by molar-refractivity contribution is 5.89. The molecule has 2 amide bonds. The molecule has 0 aliphatic carbocycles. The maximum atomic E-state index is 12.8. The van der Waals surface area contributed by atoms with Gasteiger partial charge in [0.15, 0.2) is 0 Å². The first-order valence-corrected chi connectivity index (χ1v) is 7.27. The molecule has 5 nitrogen and oxygen atoms in total. The lowest BCUT2D eigenvalue weighted by Crippen LogP contribution is -2.49. The Kier molecular flexibility index (Phi) is 4.39. The van der Waals surface area contributed by atoms with E-state index in [1.807, 2.05) is 12.1 Å². The van der Waals surface area contributed by atoms with E-state index in [1.165, 1.54) is 12.1 Å². The van der Waals surface area contributed by atoms with Crippen LogP contribution in [0.4, 0.5) is 14.9 Å². The molecule has 1 aliphatic heterocycles. The molecule has 0 unspecified atom stereocenters. The fourth-order valence-electron chi connectivity index (χ4n) is 2.47. The molecule has 1 saturated heterocycles. The summed E-state index contributed by atoms with van der Waals surface area (Å²) in [6.07, 6.45) is 1.67. The summed E-state index contributed by atoms with van der Waals surface area (Å²) in [6.45, 7) is 3.69. The van der Waals surface area contributed by atoms with Crippen LogP contribution in [0, 0.1) is 5.82 Å². The van der Waals surface area contributed by atoms with E-state index in [0.29, 0.717) is 18.8 Å². The van der Waals surface area contributed by atoms with Crippen LogP contribution in [-0.2, 0) is 6.54 Å². The lowest BCUT2D eigenvalue weighted by Gasteiger charge is -2.34. The number of benzene rings is 1. The van der Waals surface area contributed by atoms with Crippen molar-refractivity contribution in [2.75, 3.05) is 31.5 Å². The largest absolute Gasteiger partial charge is 0.468 e. The zero-order valence-electron chi connectivity index (χ0n) is 12.2. The monoisotopic (exact) mass is 303 g/mol. The van der Waals surface area contributed by atoms with Crippen LogP contribution in [0.25, 0.3) is 0 Å². The van der Waals surface area contributed by atoms with E-state index in [1.54, 1.807) is 23.3 Å². The van der Waals surface area contributed by atoms with E-state index >= 15 is 0 Å². The van der Waals surface area contributed by atoms with Crippen molar-refractivity contribution in [2.24, 2.45) is 0 Å². The number of nitrogens with zero attached hydrogens (tertiary/aromatic N) is 2. The molecule has 0 radical (unpaired) electrons. The Bertz CT molecular complexity index is 605. The Morgan fingerprint density at radius 2 is 1.86 bits per heavy atom. The van der Waals surface area contributed by atoms with Gasteiger partial charge in [-0.3, -0.25) is 4.90 Å². The predicted octanol–water partition coefficient (Wildman–Crippen LogP) is 2.77. The second kappa shape index (κ2) is 6.62. The molecule has 2 aromatic rings. The molecule has 116 valence electrons. The van der Waals surface area contributed by atoms with Crippen LogP contribution in [-0.4, -0.2) is 42.0 Å². The summed E-state index contributed by atoms with van der Waals surface area (Å²) in [5, 5.41) is 2.78. The normalized spacial score (nSPS) is 15.8. The summed E-state index contributed by atoms with van der Waals surface area (Å²) in [4.78, 5) is 16.2. The summed E-state index contributed by atoms with van der Waals surface area (Å²) in [6, 6.07) is 9.45. The van der Waals surface area contributed by atoms with E-state index in [-0.39, 0.29) is 11.8 Å². The Hall–Kier alpha value is -2.34. The van der Waals surface area contributed by atoms with Gasteiger partial charge in [0.25, 0.3) is 0 Å².